The molecule has 0 bridgehead atoms. The molecule has 0 unspecified atom stereocenters. The van der Waals surface area contributed by atoms with Crippen molar-refractivity contribution in [2.24, 2.45) is 0 Å². The van der Waals surface area contributed by atoms with Crippen LogP contribution in [0.15, 0.2) is 67.3 Å². The Balaban J connectivity index is 1.31. The summed E-state index contributed by atoms with van der Waals surface area (Å²) in [4.78, 5) is 23.0. The highest BCUT2D eigenvalue weighted by Crippen LogP contribution is 2.27. The number of carbonyl (C=O) groups excluding carboxylic acids is 1. The van der Waals surface area contributed by atoms with Crippen molar-refractivity contribution in [2.75, 3.05) is 19.7 Å². The molecule has 0 N–H and O–H groups in total. The number of rotatable bonds is 6. The van der Waals surface area contributed by atoms with Gasteiger partial charge in [0, 0.05) is 50.3 Å². The van der Waals surface area contributed by atoms with E-state index < -0.39 is 0 Å². The summed E-state index contributed by atoms with van der Waals surface area (Å²) in [7, 11) is 0. The monoisotopic (exact) mass is 376 g/mol. The van der Waals surface area contributed by atoms with Gasteiger partial charge in [-0.3, -0.25) is 9.78 Å². The minimum atomic E-state index is 0.0439. The lowest BCUT2D eigenvalue weighted by Gasteiger charge is -2.32. The van der Waals surface area contributed by atoms with E-state index in [0.29, 0.717) is 5.92 Å². The number of hydrogen-bond acceptors (Lipinski definition) is 4. The van der Waals surface area contributed by atoms with Crippen LogP contribution in [0.25, 0.3) is 0 Å². The number of imidazole rings is 1. The Hall–Kier alpha value is -3.15. The third kappa shape index (κ3) is 4.39. The number of nitrogens with zero attached hydrogens (tertiary/aromatic N) is 4. The fourth-order valence-corrected chi connectivity index (χ4v) is 3.64. The highest BCUT2D eigenvalue weighted by molar-refractivity contribution is 5.77. The second kappa shape index (κ2) is 8.69. The highest BCUT2D eigenvalue weighted by atomic mass is 16.5. The van der Waals surface area contributed by atoms with Gasteiger partial charge in [0.2, 0.25) is 0 Å². The Morgan fingerprint density at radius 1 is 1.04 bits per heavy atom. The van der Waals surface area contributed by atoms with Crippen molar-refractivity contribution in [3.63, 3.8) is 0 Å². The number of para-hydroxylation sites is 1. The van der Waals surface area contributed by atoms with E-state index >= 15 is 0 Å². The van der Waals surface area contributed by atoms with Crippen LogP contribution < -0.4 is 4.74 Å². The Kier molecular flexibility index (Phi) is 5.66. The molecule has 1 amide bonds. The van der Waals surface area contributed by atoms with Crippen LogP contribution in [0, 0.1) is 0 Å². The van der Waals surface area contributed by atoms with Gasteiger partial charge in [0.15, 0.2) is 6.61 Å². The zero-order valence-corrected chi connectivity index (χ0v) is 15.8. The third-order valence-electron chi connectivity index (χ3n) is 5.17. The number of carbonyl (C=O) groups is 1. The largest absolute Gasteiger partial charge is 0.484 e. The van der Waals surface area contributed by atoms with Crippen LogP contribution in [0.3, 0.4) is 0 Å². The zero-order valence-electron chi connectivity index (χ0n) is 15.8. The lowest BCUT2D eigenvalue weighted by Crippen LogP contribution is -2.40. The topological polar surface area (TPSA) is 60.2 Å². The van der Waals surface area contributed by atoms with E-state index in [-0.39, 0.29) is 12.5 Å². The van der Waals surface area contributed by atoms with Gasteiger partial charge in [-0.2, -0.15) is 0 Å². The number of ether oxygens (including phenoxy) is 1. The second-order valence-electron chi connectivity index (χ2n) is 7.03. The van der Waals surface area contributed by atoms with E-state index in [1.807, 2.05) is 72.2 Å². The Morgan fingerprint density at radius 3 is 2.54 bits per heavy atom. The predicted octanol–water partition coefficient (Wildman–Crippen LogP) is 3.11. The minimum Gasteiger partial charge on any atom is -0.484 e. The molecule has 28 heavy (non-hydrogen) atoms. The van der Waals surface area contributed by atoms with E-state index in [1.165, 1.54) is 5.56 Å². The molecular formula is C22H24N4O2. The van der Waals surface area contributed by atoms with Gasteiger partial charge >= 0.3 is 0 Å². The number of piperidine rings is 1. The average Bonchev–Trinajstić information content (AvgIpc) is 3.21. The van der Waals surface area contributed by atoms with E-state index in [9.17, 15) is 4.79 Å². The van der Waals surface area contributed by atoms with Gasteiger partial charge in [0.25, 0.3) is 5.91 Å². The lowest BCUT2D eigenvalue weighted by molar-refractivity contribution is -0.134. The standard InChI is InChI=1S/C22H24N4O2/c27-21(17-28-20-4-2-1-3-5-20)25-13-8-19(9-14-25)22-24-12-15-26(22)16-18-6-10-23-11-7-18/h1-7,10-12,15,19H,8-9,13-14,16-17H2. The molecular weight excluding hydrogens is 352 g/mol. The molecule has 6 heteroatoms. The summed E-state index contributed by atoms with van der Waals surface area (Å²) in [5.41, 5.74) is 1.21. The molecule has 0 spiro atoms. The van der Waals surface area contributed by atoms with E-state index in [0.717, 1.165) is 44.0 Å². The number of likely N-dealkylation sites (tertiary alicyclic amines) is 1. The maximum Gasteiger partial charge on any atom is 0.260 e. The van der Waals surface area contributed by atoms with Crippen LogP contribution in [0.1, 0.15) is 30.1 Å². The van der Waals surface area contributed by atoms with Crippen LogP contribution in [-0.2, 0) is 11.3 Å². The quantitative estimate of drug-likeness (QED) is 0.663. The smallest absolute Gasteiger partial charge is 0.260 e. The number of benzene rings is 1. The molecule has 1 fully saturated rings. The van der Waals surface area contributed by atoms with Gasteiger partial charge in [-0.1, -0.05) is 18.2 Å². The first-order chi connectivity index (χ1) is 13.8. The summed E-state index contributed by atoms with van der Waals surface area (Å²) in [6.07, 6.45) is 9.36. The predicted molar refractivity (Wildman–Crippen MR) is 106 cm³/mol. The van der Waals surface area contributed by atoms with Crippen LogP contribution >= 0.6 is 0 Å². The molecule has 3 aromatic rings. The Morgan fingerprint density at radius 2 is 1.79 bits per heavy atom. The molecule has 0 aliphatic carbocycles. The van der Waals surface area contributed by atoms with Gasteiger partial charge in [0.05, 0.1) is 0 Å². The first kappa shape index (κ1) is 18.2. The van der Waals surface area contributed by atoms with Crippen molar-refractivity contribution in [1.82, 2.24) is 19.4 Å². The molecule has 2 aromatic heterocycles. The van der Waals surface area contributed by atoms with Crippen molar-refractivity contribution in [3.05, 3.63) is 78.6 Å². The first-order valence-corrected chi connectivity index (χ1v) is 9.65. The highest BCUT2D eigenvalue weighted by Gasteiger charge is 2.26. The molecule has 0 saturated carbocycles. The molecule has 1 aromatic carbocycles. The van der Waals surface area contributed by atoms with Gasteiger partial charge in [-0.05, 0) is 42.7 Å². The number of amides is 1. The third-order valence-corrected chi connectivity index (χ3v) is 5.17. The number of hydrogen-bond donors (Lipinski definition) is 0. The first-order valence-electron chi connectivity index (χ1n) is 9.65. The fourth-order valence-electron chi connectivity index (χ4n) is 3.64. The van der Waals surface area contributed by atoms with E-state index in [4.69, 9.17) is 4.74 Å². The SMILES string of the molecule is O=C(COc1ccccc1)N1CCC(c2nccn2Cc2ccncc2)CC1. The Bertz CT molecular complexity index is 887. The number of aromatic nitrogens is 3. The van der Waals surface area contributed by atoms with Gasteiger partial charge in [-0.25, -0.2) is 4.98 Å². The number of pyridine rings is 1. The molecule has 1 aliphatic rings. The average molecular weight is 376 g/mol. The van der Waals surface area contributed by atoms with Gasteiger partial charge in [-0.15, -0.1) is 0 Å². The maximum atomic E-state index is 12.4. The second-order valence-corrected chi connectivity index (χ2v) is 7.03. The summed E-state index contributed by atoms with van der Waals surface area (Å²) in [5.74, 6) is 2.24. The Labute approximate surface area is 164 Å². The van der Waals surface area contributed by atoms with Crippen LogP contribution in [-0.4, -0.2) is 45.0 Å². The lowest BCUT2D eigenvalue weighted by atomic mass is 9.95. The van der Waals surface area contributed by atoms with Gasteiger partial charge < -0.3 is 14.2 Å². The molecule has 4 rings (SSSR count). The summed E-state index contributed by atoms with van der Waals surface area (Å²) in [6, 6.07) is 13.5. The van der Waals surface area contributed by atoms with Gasteiger partial charge in [0.1, 0.15) is 11.6 Å². The van der Waals surface area contributed by atoms with Crippen molar-refractivity contribution in [2.45, 2.75) is 25.3 Å². The molecule has 1 aliphatic heterocycles. The van der Waals surface area contributed by atoms with Crippen LogP contribution in [0.2, 0.25) is 0 Å². The van der Waals surface area contributed by atoms with Crippen LogP contribution in [0.4, 0.5) is 0 Å². The molecule has 6 nitrogen and oxygen atoms in total. The van der Waals surface area contributed by atoms with Crippen molar-refractivity contribution in [3.8, 4) is 5.75 Å². The van der Waals surface area contributed by atoms with E-state index in [1.54, 1.807) is 0 Å². The summed E-state index contributed by atoms with van der Waals surface area (Å²) in [5, 5.41) is 0. The van der Waals surface area contributed by atoms with E-state index in [2.05, 4.69) is 14.5 Å². The zero-order chi connectivity index (χ0) is 19.2. The van der Waals surface area contributed by atoms with Crippen LogP contribution in [0.5, 0.6) is 5.75 Å². The summed E-state index contributed by atoms with van der Waals surface area (Å²) < 4.78 is 7.80. The van der Waals surface area contributed by atoms with Crippen molar-refractivity contribution >= 4 is 5.91 Å². The normalized spacial score (nSPS) is 14.8. The fraction of sp³-hybridized carbons (Fsp3) is 0.318. The summed E-state index contributed by atoms with van der Waals surface area (Å²) >= 11 is 0. The summed E-state index contributed by atoms with van der Waals surface area (Å²) in [6.45, 7) is 2.36. The molecule has 144 valence electrons. The molecule has 0 radical (unpaired) electrons. The maximum absolute atomic E-state index is 12.4. The van der Waals surface area contributed by atoms with Crippen molar-refractivity contribution < 1.29 is 9.53 Å². The molecule has 1 saturated heterocycles. The molecule has 3 heterocycles. The minimum absolute atomic E-state index is 0.0439. The van der Waals surface area contributed by atoms with Crippen molar-refractivity contribution in [1.29, 1.82) is 0 Å². The molecule has 0 atom stereocenters.